The Labute approximate surface area is 101 Å². The van der Waals surface area contributed by atoms with Crippen LogP contribution in [0, 0.1) is 11.3 Å². The first kappa shape index (κ1) is 11.6. The minimum atomic E-state index is 0.170. The molecule has 0 N–H and O–H groups in total. The smallest absolute Gasteiger partial charge is 0.237 e. The summed E-state index contributed by atoms with van der Waals surface area (Å²) in [5.74, 6) is 0.170. The summed E-state index contributed by atoms with van der Waals surface area (Å²) < 4.78 is 0. The molecule has 0 saturated carbocycles. The predicted octanol–water partition coefficient (Wildman–Crippen LogP) is 0.832. The standard InChI is InChI=1S/C13H15N3O/c1-15-6-7-16(13(17)10-15)9-12-4-2-11(8-14)3-5-12/h2-5H,6-7,9-10H2,1H3. The molecule has 0 aliphatic carbocycles. The Morgan fingerprint density at radius 1 is 1.29 bits per heavy atom. The number of nitrogens with zero attached hydrogens (tertiary/aromatic N) is 3. The van der Waals surface area contributed by atoms with E-state index in [2.05, 4.69) is 6.07 Å². The molecule has 0 spiro atoms. The van der Waals surface area contributed by atoms with Crippen molar-refractivity contribution in [3.63, 3.8) is 0 Å². The van der Waals surface area contributed by atoms with Crippen molar-refractivity contribution in [3.8, 4) is 6.07 Å². The van der Waals surface area contributed by atoms with E-state index < -0.39 is 0 Å². The lowest BCUT2D eigenvalue weighted by Gasteiger charge is -2.32. The first-order valence-corrected chi connectivity index (χ1v) is 5.64. The van der Waals surface area contributed by atoms with Crippen molar-refractivity contribution in [1.29, 1.82) is 5.26 Å². The Hall–Kier alpha value is -1.86. The molecule has 17 heavy (non-hydrogen) atoms. The van der Waals surface area contributed by atoms with E-state index >= 15 is 0 Å². The molecular formula is C13H15N3O. The molecule has 88 valence electrons. The first-order chi connectivity index (χ1) is 8.19. The number of likely N-dealkylation sites (N-methyl/N-ethyl adjacent to an activating group) is 1. The normalized spacial score (nSPS) is 16.9. The lowest BCUT2D eigenvalue weighted by atomic mass is 10.1. The van der Waals surface area contributed by atoms with Crippen LogP contribution in [0.15, 0.2) is 24.3 Å². The molecule has 1 aromatic carbocycles. The number of carbonyl (C=O) groups excluding carboxylic acids is 1. The van der Waals surface area contributed by atoms with Gasteiger partial charge in [0.2, 0.25) is 5.91 Å². The summed E-state index contributed by atoms with van der Waals surface area (Å²) in [7, 11) is 1.96. The molecular weight excluding hydrogens is 214 g/mol. The Bertz CT molecular complexity index is 447. The zero-order chi connectivity index (χ0) is 12.3. The van der Waals surface area contributed by atoms with E-state index in [0.717, 1.165) is 18.7 Å². The second kappa shape index (κ2) is 4.98. The van der Waals surface area contributed by atoms with Gasteiger partial charge in [-0.05, 0) is 24.7 Å². The second-order valence-electron chi connectivity index (χ2n) is 4.36. The van der Waals surface area contributed by atoms with Gasteiger partial charge < -0.3 is 4.90 Å². The number of hydrogen-bond acceptors (Lipinski definition) is 3. The third kappa shape index (κ3) is 2.83. The van der Waals surface area contributed by atoms with Crippen LogP contribution < -0.4 is 0 Å². The van der Waals surface area contributed by atoms with Gasteiger partial charge in [-0.1, -0.05) is 12.1 Å². The third-order valence-corrected chi connectivity index (χ3v) is 2.97. The summed E-state index contributed by atoms with van der Waals surface area (Å²) in [5, 5.41) is 8.70. The summed E-state index contributed by atoms with van der Waals surface area (Å²) in [6.45, 7) is 2.83. The molecule has 0 unspecified atom stereocenters. The van der Waals surface area contributed by atoms with Crippen molar-refractivity contribution < 1.29 is 4.79 Å². The molecule has 1 aliphatic heterocycles. The van der Waals surface area contributed by atoms with E-state index in [4.69, 9.17) is 5.26 Å². The maximum Gasteiger partial charge on any atom is 0.237 e. The van der Waals surface area contributed by atoms with Gasteiger partial charge in [0.1, 0.15) is 0 Å². The fraction of sp³-hybridized carbons (Fsp3) is 0.385. The number of nitriles is 1. The van der Waals surface area contributed by atoms with E-state index in [1.165, 1.54) is 0 Å². The van der Waals surface area contributed by atoms with Gasteiger partial charge in [0, 0.05) is 19.6 Å². The van der Waals surface area contributed by atoms with Gasteiger partial charge in [-0.3, -0.25) is 9.69 Å². The van der Waals surface area contributed by atoms with Crippen molar-refractivity contribution in [2.24, 2.45) is 0 Å². The van der Waals surface area contributed by atoms with Gasteiger partial charge in [0.05, 0.1) is 18.2 Å². The van der Waals surface area contributed by atoms with Crippen LogP contribution in [0.25, 0.3) is 0 Å². The summed E-state index contributed by atoms with van der Waals surface area (Å²) >= 11 is 0. The van der Waals surface area contributed by atoms with E-state index in [0.29, 0.717) is 18.7 Å². The average Bonchev–Trinajstić information content (AvgIpc) is 2.34. The number of carbonyl (C=O) groups is 1. The van der Waals surface area contributed by atoms with Crippen molar-refractivity contribution in [2.75, 3.05) is 26.7 Å². The molecule has 0 radical (unpaired) electrons. The van der Waals surface area contributed by atoms with E-state index in [1.807, 2.05) is 29.0 Å². The predicted molar refractivity (Wildman–Crippen MR) is 64.1 cm³/mol. The third-order valence-electron chi connectivity index (χ3n) is 2.97. The summed E-state index contributed by atoms with van der Waals surface area (Å²) in [4.78, 5) is 15.7. The molecule has 4 heteroatoms. The highest BCUT2D eigenvalue weighted by molar-refractivity contribution is 5.79. The van der Waals surface area contributed by atoms with Gasteiger partial charge >= 0.3 is 0 Å². The molecule has 0 bridgehead atoms. The van der Waals surface area contributed by atoms with Crippen molar-refractivity contribution in [2.45, 2.75) is 6.54 Å². The van der Waals surface area contributed by atoms with Gasteiger partial charge in [-0.2, -0.15) is 5.26 Å². The van der Waals surface area contributed by atoms with Crippen molar-refractivity contribution in [3.05, 3.63) is 35.4 Å². The van der Waals surface area contributed by atoms with Crippen molar-refractivity contribution in [1.82, 2.24) is 9.80 Å². The maximum absolute atomic E-state index is 11.8. The second-order valence-corrected chi connectivity index (χ2v) is 4.36. The molecule has 1 saturated heterocycles. The fourth-order valence-corrected chi connectivity index (χ4v) is 1.90. The molecule has 0 atom stereocenters. The number of rotatable bonds is 2. The van der Waals surface area contributed by atoms with E-state index in [9.17, 15) is 4.79 Å². The van der Waals surface area contributed by atoms with Crippen LogP contribution in [0.4, 0.5) is 0 Å². The average molecular weight is 229 g/mol. The maximum atomic E-state index is 11.8. The van der Waals surface area contributed by atoms with Crippen LogP contribution in [0.5, 0.6) is 0 Å². The summed E-state index contributed by atoms with van der Waals surface area (Å²) in [5.41, 5.74) is 1.72. The van der Waals surface area contributed by atoms with Crippen molar-refractivity contribution >= 4 is 5.91 Å². The summed E-state index contributed by atoms with van der Waals surface area (Å²) in [6, 6.07) is 9.47. The minimum absolute atomic E-state index is 0.170. The van der Waals surface area contributed by atoms with E-state index in [-0.39, 0.29) is 5.91 Å². The Balaban J connectivity index is 2.01. The Kier molecular flexibility index (Phi) is 3.40. The highest BCUT2D eigenvalue weighted by atomic mass is 16.2. The quantitative estimate of drug-likeness (QED) is 0.754. The zero-order valence-corrected chi connectivity index (χ0v) is 9.89. The highest BCUT2D eigenvalue weighted by Crippen LogP contribution is 2.09. The van der Waals surface area contributed by atoms with Gasteiger partial charge in [0.25, 0.3) is 0 Å². The molecule has 4 nitrogen and oxygen atoms in total. The van der Waals surface area contributed by atoms with Crippen LogP contribution in [0.2, 0.25) is 0 Å². The van der Waals surface area contributed by atoms with Gasteiger partial charge in [0.15, 0.2) is 0 Å². The number of benzene rings is 1. The van der Waals surface area contributed by atoms with Crippen LogP contribution >= 0.6 is 0 Å². The highest BCUT2D eigenvalue weighted by Gasteiger charge is 2.21. The molecule has 1 heterocycles. The number of hydrogen-bond donors (Lipinski definition) is 0. The molecule has 0 aromatic heterocycles. The zero-order valence-electron chi connectivity index (χ0n) is 9.89. The summed E-state index contributed by atoms with van der Waals surface area (Å²) in [6.07, 6.45) is 0. The Morgan fingerprint density at radius 3 is 2.59 bits per heavy atom. The van der Waals surface area contributed by atoms with Gasteiger partial charge in [-0.25, -0.2) is 0 Å². The molecule has 1 amide bonds. The monoisotopic (exact) mass is 229 g/mol. The molecule has 2 rings (SSSR count). The molecule has 1 aliphatic rings. The largest absolute Gasteiger partial charge is 0.336 e. The van der Waals surface area contributed by atoms with Crippen LogP contribution in [-0.2, 0) is 11.3 Å². The first-order valence-electron chi connectivity index (χ1n) is 5.64. The number of amides is 1. The minimum Gasteiger partial charge on any atom is -0.336 e. The lowest BCUT2D eigenvalue weighted by molar-refractivity contribution is -0.136. The Morgan fingerprint density at radius 2 is 2.00 bits per heavy atom. The topological polar surface area (TPSA) is 47.3 Å². The van der Waals surface area contributed by atoms with Crippen LogP contribution in [0.1, 0.15) is 11.1 Å². The molecule has 1 aromatic rings. The van der Waals surface area contributed by atoms with Gasteiger partial charge in [-0.15, -0.1) is 0 Å². The fourth-order valence-electron chi connectivity index (χ4n) is 1.90. The van der Waals surface area contributed by atoms with E-state index in [1.54, 1.807) is 12.1 Å². The number of piperazine rings is 1. The lowest BCUT2D eigenvalue weighted by Crippen LogP contribution is -2.48. The SMILES string of the molecule is CN1CCN(Cc2ccc(C#N)cc2)C(=O)C1. The van der Waals surface area contributed by atoms with Crippen LogP contribution in [0.3, 0.4) is 0 Å². The van der Waals surface area contributed by atoms with Crippen LogP contribution in [-0.4, -0.2) is 42.4 Å². The molecule has 1 fully saturated rings.